The second-order valence-corrected chi connectivity index (χ2v) is 12.4. The maximum absolute atomic E-state index is 14.3. The number of ether oxygens (including phenoxy) is 1. The number of aromatic nitrogens is 2. The number of rotatable bonds is 6. The maximum atomic E-state index is 14.3. The first-order valence-electron chi connectivity index (χ1n) is 14.5. The summed E-state index contributed by atoms with van der Waals surface area (Å²) in [5.41, 5.74) is 8.67. The number of carbonyl (C=O) groups is 1. The molecule has 3 heterocycles. The standard InChI is InChI=1S/C36H32ClN3O3S/c1-6-43-35(42)31-32(25-10-8-7-9-11-25)38-36-40(33(31)26-13-15-28(37)16-14-26)34(41)30(44-36)20-27-19-23(4)39(24(27)5)29-17-12-21(2)22(3)18-29/h7-20,33H,6H2,1-5H3/b30-20+/t33-/m0/s1. The summed E-state index contributed by atoms with van der Waals surface area (Å²) >= 11 is 7.56. The van der Waals surface area contributed by atoms with E-state index >= 15 is 0 Å². The molecule has 0 spiro atoms. The van der Waals surface area contributed by atoms with Crippen LogP contribution in [0.15, 0.2) is 94.2 Å². The predicted octanol–water partition coefficient (Wildman–Crippen LogP) is 6.61. The first kappa shape index (κ1) is 29.6. The average molecular weight is 622 g/mol. The number of carbonyl (C=O) groups excluding carboxylic acids is 1. The highest BCUT2D eigenvalue weighted by Gasteiger charge is 2.35. The molecule has 0 saturated heterocycles. The van der Waals surface area contributed by atoms with Crippen molar-refractivity contribution < 1.29 is 9.53 Å². The Morgan fingerprint density at radius 2 is 1.70 bits per heavy atom. The fourth-order valence-electron chi connectivity index (χ4n) is 5.74. The molecular weight excluding hydrogens is 590 g/mol. The van der Waals surface area contributed by atoms with Crippen LogP contribution >= 0.6 is 22.9 Å². The Morgan fingerprint density at radius 3 is 2.39 bits per heavy atom. The highest BCUT2D eigenvalue weighted by Crippen LogP contribution is 2.35. The van der Waals surface area contributed by atoms with Crippen LogP contribution in [-0.2, 0) is 9.53 Å². The molecule has 8 heteroatoms. The lowest BCUT2D eigenvalue weighted by Gasteiger charge is -2.25. The summed E-state index contributed by atoms with van der Waals surface area (Å²) in [6, 6.07) is 24.5. The molecule has 5 aromatic rings. The van der Waals surface area contributed by atoms with E-state index in [4.69, 9.17) is 21.3 Å². The SMILES string of the molecule is CCOC(=O)C1=C(c2ccccc2)N=c2s/c(=C/c3cc(C)n(-c4ccc(C)c(C)c4)c3C)c(=O)n2[C@H]1c1ccc(Cl)cc1. The Hall–Kier alpha value is -4.46. The highest BCUT2D eigenvalue weighted by molar-refractivity contribution is 7.07. The van der Waals surface area contributed by atoms with Gasteiger partial charge < -0.3 is 9.30 Å². The summed E-state index contributed by atoms with van der Waals surface area (Å²) in [7, 11) is 0. The Bertz CT molecular complexity index is 2120. The Kier molecular flexibility index (Phi) is 8.01. The predicted molar refractivity (Wildman–Crippen MR) is 177 cm³/mol. The van der Waals surface area contributed by atoms with Crippen molar-refractivity contribution in [3.05, 3.63) is 148 Å². The van der Waals surface area contributed by atoms with E-state index in [0.717, 1.165) is 33.8 Å². The summed E-state index contributed by atoms with van der Waals surface area (Å²) in [4.78, 5) is 33.3. The normalized spacial score (nSPS) is 14.9. The number of hydrogen-bond donors (Lipinski definition) is 0. The van der Waals surface area contributed by atoms with Crippen LogP contribution in [0, 0.1) is 27.7 Å². The van der Waals surface area contributed by atoms with Gasteiger partial charge in [0.25, 0.3) is 5.56 Å². The van der Waals surface area contributed by atoms with Gasteiger partial charge in [0.05, 0.1) is 28.5 Å². The van der Waals surface area contributed by atoms with E-state index in [0.29, 0.717) is 25.6 Å². The number of thiazole rings is 1. The third kappa shape index (κ3) is 5.27. The van der Waals surface area contributed by atoms with E-state index in [2.05, 4.69) is 56.5 Å². The van der Waals surface area contributed by atoms with Gasteiger partial charge in [-0.25, -0.2) is 9.79 Å². The third-order valence-corrected chi connectivity index (χ3v) is 9.30. The summed E-state index contributed by atoms with van der Waals surface area (Å²) in [5, 5.41) is 0.560. The Balaban J connectivity index is 1.59. The number of nitrogens with zero attached hydrogens (tertiary/aromatic N) is 3. The van der Waals surface area contributed by atoms with Gasteiger partial charge in [0.15, 0.2) is 4.80 Å². The Morgan fingerprint density at radius 1 is 0.977 bits per heavy atom. The molecular formula is C36H32ClN3O3S. The number of esters is 1. The van der Waals surface area contributed by atoms with E-state index in [1.54, 1.807) is 23.6 Å². The van der Waals surface area contributed by atoms with Gasteiger partial charge >= 0.3 is 5.97 Å². The zero-order chi connectivity index (χ0) is 31.1. The van der Waals surface area contributed by atoms with Gasteiger partial charge in [-0.1, -0.05) is 71.5 Å². The van der Waals surface area contributed by atoms with E-state index in [9.17, 15) is 9.59 Å². The van der Waals surface area contributed by atoms with Crippen molar-refractivity contribution in [2.24, 2.45) is 4.99 Å². The number of halogens is 1. The van der Waals surface area contributed by atoms with E-state index in [-0.39, 0.29) is 12.2 Å². The van der Waals surface area contributed by atoms with Crippen LogP contribution in [0.25, 0.3) is 17.5 Å². The molecule has 0 fully saturated rings. The largest absolute Gasteiger partial charge is 0.463 e. The van der Waals surface area contributed by atoms with Crippen molar-refractivity contribution in [2.45, 2.75) is 40.7 Å². The van der Waals surface area contributed by atoms with Crippen molar-refractivity contribution in [1.29, 1.82) is 0 Å². The van der Waals surface area contributed by atoms with Crippen LogP contribution in [0.3, 0.4) is 0 Å². The zero-order valence-corrected chi connectivity index (χ0v) is 26.8. The van der Waals surface area contributed by atoms with Crippen molar-refractivity contribution in [2.75, 3.05) is 6.61 Å². The van der Waals surface area contributed by atoms with Gasteiger partial charge in [-0.2, -0.15) is 0 Å². The third-order valence-electron chi connectivity index (χ3n) is 8.06. The lowest BCUT2D eigenvalue weighted by Crippen LogP contribution is -2.40. The molecule has 2 aromatic heterocycles. The number of hydrogen-bond acceptors (Lipinski definition) is 5. The minimum atomic E-state index is -0.747. The molecule has 3 aromatic carbocycles. The molecule has 0 radical (unpaired) electrons. The molecule has 0 N–H and O–H groups in total. The highest BCUT2D eigenvalue weighted by atomic mass is 35.5. The van der Waals surface area contributed by atoms with Gasteiger partial charge in [-0.15, -0.1) is 0 Å². The van der Waals surface area contributed by atoms with Gasteiger partial charge in [0.2, 0.25) is 0 Å². The van der Waals surface area contributed by atoms with Gasteiger partial charge in [0, 0.05) is 27.7 Å². The van der Waals surface area contributed by atoms with Crippen LogP contribution in [0.4, 0.5) is 0 Å². The fraction of sp³-hybridized carbons (Fsp3) is 0.194. The minimum absolute atomic E-state index is 0.193. The van der Waals surface area contributed by atoms with Gasteiger partial charge in [-0.3, -0.25) is 9.36 Å². The number of aryl methyl sites for hydroxylation is 3. The zero-order valence-electron chi connectivity index (χ0n) is 25.2. The van der Waals surface area contributed by atoms with Crippen molar-refractivity contribution in [3.8, 4) is 5.69 Å². The molecule has 0 unspecified atom stereocenters. The molecule has 1 aliphatic rings. The molecule has 1 aliphatic heterocycles. The van der Waals surface area contributed by atoms with Crippen LogP contribution < -0.4 is 14.9 Å². The van der Waals surface area contributed by atoms with Gasteiger partial charge in [0.1, 0.15) is 0 Å². The van der Waals surface area contributed by atoms with Gasteiger partial charge in [-0.05, 0) is 93.3 Å². The molecule has 0 bridgehead atoms. The molecule has 6 rings (SSSR count). The topological polar surface area (TPSA) is 65.6 Å². The van der Waals surface area contributed by atoms with Crippen LogP contribution in [0.1, 0.15) is 52.2 Å². The summed E-state index contributed by atoms with van der Waals surface area (Å²) in [5.74, 6) is -0.513. The van der Waals surface area contributed by atoms with Crippen molar-refractivity contribution in [1.82, 2.24) is 9.13 Å². The number of benzene rings is 3. The number of fused-ring (bicyclic) bond motifs is 1. The van der Waals surface area contributed by atoms with Crippen molar-refractivity contribution >= 4 is 40.7 Å². The molecule has 44 heavy (non-hydrogen) atoms. The van der Waals surface area contributed by atoms with Crippen LogP contribution in [-0.4, -0.2) is 21.7 Å². The minimum Gasteiger partial charge on any atom is -0.463 e. The second-order valence-electron chi connectivity index (χ2n) is 10.9. The molecule has 0 aliphatic carbocycles. The lowest BCUT2D eigenvalue weighted by molar-refractivity contribution is -0.138. The quantitative estimate of drug-likeness (QED) is 0.200. The molecule has 1 atom stereocenters. The smallest absolute Gasteiger partial charge is 0.338 e. The first-order valence-corrected chi connectivity index (χ1v) is 15.7. The molecule has 6 nitrogen and oxygen atoms in total. The van der Waals surface area contributed by atoms with E-state index < -0.39 is 12.0 Å². The second kappa shape index (κ2) is 11.9. The average Bonchev–Trinajstić information content (AvgIpc) is 3.48. The maximum Gasteiger partial charge on any atom is 0.338 e. The summed E-state index contributed by atoms with van der Waals surface area (Å²) < 4.78 is 9.90. The molecule has 0 amide bonds. The van der Waals surface area contributed by atoms with Crippen molar-refractivity contribution in [3.63, 3.8) is 0 Å². The fourth-order valence-corrected chi connectivity index (χ4v) is 6.86. The molecule has 0 saturated carbocycles. The lowest BCUT2D eigenvalue weighted by atomic mass is 9.93. The van der Waals surface area contributed by atoms with E-state index in [1.165, 1.54) is 22.5 Å². The summed E-state index contributed by atoms with van der Waals surface area (Å²) in [6.07, 6.45) is 1.93. The summed E-state index contributed by atoms with van der Waals surface area (Å²) in [6.45, 7) is 10.3. The monoisotopic (exact) mass is 621 g/mol. The van der Waals surface area contributed by atoms with Crippen LogP contribution in [0.2, 0.25) is 5.02 Å². The first-order chi connectivity index (χ1) is 21.2. The molecule has 222 valence electrons. The van der Waals surface area contributed by atoms with Crippen LogP contribution in [0.5, 0.6) is 0 Å². The Labute approximate surface area is 264 Å². The van der Waals surface area contributed by atoms with E-state index in [1.807, 2.05) is 48.5 Å².